The van der Waals surface area contributed by atoms with Gasteiger partial charge in [-0.15, -0.1) is 0 Å². The molecular weight excluding hydrogens is 400 g/mol. The average molecular weight is 427 g/mol. The Balaban J connectivity index is 1.63. The zero-order chi connectivity index (χ0) is 22.2. The van der Waals surface area contributed by atoms with Crippen LogP contribution in [0.1, 0.15) is 38.5 Å². The second kappa shape index (κ2) is 8.17. The van der Waals surface area contributed by atoms with Crippen molar-refractivity contribution in [2.24, 2.45) is 5.73 Å². The monoisotopic (exact) mass is 426 g/mol. The number of aliphatic hydroxyl groups is 1. The minimum Gasteiger partial charge on any atom is -0.497 e. The Kier molecular flexibility index (Phi) is 5.19. The zero-order valence-electron chi connectivity index (χ0n) is 18.0. The van der Waals surface area contributed by atoms with Crippen LogP contribution in [0.15, 0.2) is 60.8 Å². The van der Waals surface area contributed by atoms with Gasteiger partial charge in [-0.2, -0.15) is 0 Å². The molecule has 0 saturated carbocycles. The number of aromatic amines is 1. The first kappa shape index (κ1) is 20.3. The van der Waals surface area contributed by atoms with Crippen molar-refractivity contribution in [2.75, 3.05) is 13.7 Å². The molecule has 1 aromatic heterocycles. The largest absolute Gasteiger partial charge is 0.497 e. The summed E-state index contributed by atoms with van der Waals surface area (Å²) < 4.78 is 5.39. The van der Waals surface area contributed by atoms with Gasteiger partial charge >= 0.3 is 0 Å². The molecule has 3 aromatic carbocycles. The number of aromatic nitrogens is 1. The van der Waals surface area contributed by atoms with E-state index in [9.17, 15) is 9.90 Å². The van der Waals surface area contributed by atoms with Crippen molar-refractivity contribution < 1.29 is 14.6 Å². The Labute approximate surface area is 186 Å². The number of amides is 1. The highest BCUT2D eigenvalue weighted by molar-refractivity contribution is 5.95. The SMILES string of the molecule is COc1ccc2c(c1)CCc1c-2cc(C(N)=O)cc1[C@H](CO)Cc1c[nH]c2ccccc12. The Hall–Kier alpha value is -3.57. The van der Waals surface area contributed by atoms with Gasteiger partial charge in [0.05, 0.1) is 13.7 Å². The maximum Gasteiger partial charge on any atom is 0.248 e. The van der Waals surface area contributed by atoms with E-state index in [-0.39, 0.29) is 12.5 Å². The minimum absolute atomic E-state index is 0.0103. The number of rotatable bonds is 6. The molecule has 0 saturated heterocycles. The number of para-hydroxylation sites is 1. The fourth-order valence-electron chi connectivity index (χ4n) is 4.99. The van der Waals surface area contributed by atoms with E-state index in [2.05, 4.69) is 17.1 Å². The Morgan fingerprint density at radius 2 is 1.97 bits per heavy atom. The number of nitrogens with two attached hydrogens (primary N) is 1. The third-order valence-electron chi connectivity index (χ3n) is 6.62. The molecule has 5 heteroatoms. The highest BCUT2D eigenvalue weighted by atomic mass is 16.5. The summed E-state index contributed by atoms with van der Waals surface area (Å²) in [7, 11) is 1.67. The third-order valence-corrected chi connectivity index (χ3v) is 6.62. The molecule has 5 rings (SSSR count). The fourth-order valence-corrected chi connectivity index (χ4v) is 4.99. The van der Waals surface area contributed by atoms with E-state index in [1.165, 1.54) is 11.1 Å². The molecule has 1 aliphatic rings. The molecule has 5 nitrogen and oxygen atoms in total. The fraction of sp³-hybridized carbons (Fsp3) is 0.222. The topological polar surface area (TPSA) is 88.3 Å². The van der Waals surface area contributed by atoms with E-state index >= 15 is 0 Å². The normalized spacial score (nSPS) is 13.4. The quantitative estimate of drug-likeness (QED) is 0.428. The summed E-state index contributed by atoms with van der Waals surface area (Å²) in [6.45, 7) is -0.0103. The summed E-state index contributed by atoms with van der Waals surface area (Å²) in [6.07, 6.45) is 4.41. The van der Waals surface area contributed by atoms with E-state index in [0.29, 0.717) is 12.0 Å². The van der Waals surface area contributed by atoms with E-state index in [1.807, 2.05) is 48.7 Å². The Morgan fingerprint density at radius 1 is 1.12 bits per heavy atom. The van der Waals surface area contributed by atoms with E-state index in [0.717, 1.165) is 51.7 Å². The average Bonchev–Trinajstić information content (AvgIpc) is 3.24. The van der Waals surface area contributed by atoms with Crippen LogP contribution >= 0.6 is 0 Å². The lowest BCUT2D eigenvalue weighted by molar-refractivity contribution is 0.1000. The lowest BCUT2D eigenvalue weighted by Crippen LogP contribution is -2.18. The van der Waals surface area contributed by atoms with Gasteiger partial charge in [0, 0.05) is 28.6 Å². The van der Waals surface area contributed by atoms with Crippen LogP contribution in [0.5, 0.6) is 5.75 Å². The van der Waals surface area contributed by atoms with Gasteiger partial charge in [0.15, 0.2) is 0 Å². The van der Waals surface area contributed by atoms with E-state index in [4.69, 9.17) is 10.5 Å². The molecule has 0 unspecified atom stereocenters. The van der Waals surface area contributed by atoms with Crippen LogP contribution in [0.2, 0.25) is 0 Å². The number of primary amides is 1. The van der Waals surface area contributed by atoms with Gasteiger partial charge in [-0.1, -0.05) is 24.3 Å². The molecule has 1 atom stereocenters. The van der Waals surface area contributed by atoms with Crippen LogP contribution in [0.25, 0.3) is 22.0 Å². The predicted octanol–water partition coefficient (Wildman–Crippen LogP) is 4.36. The maximum atomic E-state index is 12.2. The van der Waals surface area contributed by atoms with Gasteiger partial charge in [-0.25, -0.2) is 0 Å². The number of methoxy groups -OCH3 is 1. The number of benzene rings is 3. The van der Waals surface area contributed by atoms with Crippen LogP contribution in [0.4, 0.5) is 0 Å². The van der Waals surface area contributed by atoms with Crippen molar-refractivity contribution in [3.8, 4) is 16.9 Å². The molecule has 162 valence electrons. The minimum atomic E-state index is -0.460. The number of nitrogens with one attached hydrogen (secondary N) is 1. The van der Waals surface area contributed by atoms with Gasteiger partial charge in [-0.3, -0.25) is 4.79 Å². The van der Waals surface area contributed by atoms with Crippen LogP contribution in [0.3, 0.4) is 0 Å². The molecule has 1 amide bonds. The molecule has 0 spiro atoms. The predicted molar refractivity (Wildman–Crippen MR) is 126 cm³/mol. The molecule has 32 heavy (non-hydrogen) atoms. The first-order valence-electron chi connectivity index (χ1n) is 10.9. The van der Waals surface area contributed by atoms with Gasteiger partial charge in [0.1, 0.15) is 5.75 Å². The molecule has 0 bridgehead atoms. The van der Waals surface area contributed by atoms with Gasteiger partial charge in [-0.05, 0) is 83.0 Å². The summed E-state index contributed by atoms with van der Waals surface area (Å²) in [6, 6.07) is 18.0. The second-order valence-electron chi connectivity index (χ2n) is 8.42. The summed E-state index contributed by atoms with van der Waals surface area (Å²) >= 11 is 0. The number of carbonyl (C=O) groups is 1. The van der Waals surface area contributed by atoms with Crippen LogP contribution in [-0.2, 0) is 19.3 Å². The van der Waals surface area contributed by atoms with Crippen LogP contribution < -0.4 is 10.5 Å². The lowest BCUT2D eigenvalue weighted by Gasteiger charge is -2.27. The van der Waals surface area contributed by atoms with Crippen molar-refractivity contribution in [3.05, 3.63) is 88.6 Å². The first-order chi connectivity index (χ1) is 15.6. The number of aryl methyl sites for hydroxylation is 1. The van der Waals surface area contributed by atoms with Crippen molar-refractivity contribution in [1.82, 2.24) is 4.98 Å². The molecule has 4 N–H and O–H groups in total. The molecule has 4 aromatic rings. The number of hydrogen-bond donors (Lipinski definition) is 3. The number of hydrogen-bond acceptors (Lipinski definition) is 3. The highest BCUT2D eigenvalue weighted by Crippen LogP contribution is 2.40. The summed E-state index contributed by atoms with van der Waals surface area (Å²) in [5, 5.41) is 11.6. The number of fused-ring (bicyclic) bond motifs is 4. The highest BCUT2D eigenvalue weighted by Gasteiger charge is 2.25. The number of ether oxygens (including phenoxy) is 1. The van der Waals surface area contributed by atoms with Crippen LogP contribution in [0, 0.1) is 0 Å². The van der Waals surface area contributed by atoms with Crippen LogP contribution in [-0.4, -0.2) is 29.7 Å². The smallest absolute Gasteiger partial charge is 0.248 e. The second-order valence-corrected chi connectivity index (χ2v) is 8.42. The summed E-state index contributed by atoms with van der Waals surface area (Å²) in [5.74, 6) is 0.228. The van der Waals surface area contributed by atoms with Gasteiger partial charge in [0.25, 0.3) is 0 Å². The summed E-state index contributed by atoms with van der Waals surface area (Å²) in [5.41, 5.74) is 13.9. The number of H-pyrrole nitrogens is 1. The van der Waals surface area contributed by atoms with Gasteiger partial charge in [0.2, 0.25) is 5.91 Å². The summed E-state index contributed by atoms with van der Waals surface area (Å²) in [4.78, 5) is 15.5. The Morgan fingerprint density at radius 3 is 2.75 bits per heavy atom. The van der Waals surface area contributed by atoms with Crippen molar-refractivity contribution >= 4 is 16.8 Å². The van der Waals surface area contributed by atoms with E-state index in [1.54, 1.807) is 7.11 Å². The third kappa shape index (κ3) is 3.45. The van der Waals surface area contributed by atoms with E-state index < -0.39 is 5.91 Å². The van der Waals surface area contributed by atoms with Crippen molar-refractivity contribution in [1.29, 1.82) is 0 Å². The van der Waals surface area contributed by atoms with Crippen molar-refractivity contribution in [3.63, 3.8) is 0 Å². The van der Waals surface area contributed by atoms with Gasteiger partial charge < -0.3 is 20.6 Å². The molecule has 0 aliphatic heterocycles. The molecule has 0 fully saturated rings. The van der Waals surface area contributed by atoms with Crippen molar-refractivity contribution in [2.45, 2.75) is 25.2 Å². The molecule has 0 radical (unpaired) electrons. The maximum absolute atomic E-state index is 12.2. The molecular formula is C27H26N2O3. The molecule has 1 heterocycles. The first-order valence-corrected chi connectivity index (χ1v) is 10.9. The standard InChI is InChI=1S/C27H26N2O3/c1-32-20-7-9-21-16(11-20)6-8-23-24(12-17(27(28)31)13-25(21)23)19(15-30)10-18-14-29-26-5-3-2-4-22(18)26/h2-5,7,9,11-14,19,29-30H,6,8,10,15H2,1H3,(H2,28,31)/t19-/m0/s1. The number of aliphatic hydroxyl groups excluding tert-OH is 1. The molecule has 1 aliphatic carbocycles. The Bertz CT molecular complexity index is 1320. The number of carbonyl (C=O) groups excluding carboxylic acids is 1. The lowest BCUT2D eigenvalue weighted by atomic mass is 9.78. The zero-order valence-corrected chi connectivity index (χ0v) is 18.0.